The fourth-order valence-corrected chi connectivity index (χ4v) is 2.77. The van der Waals surface area contributed by atoms with Crippen LogP contribution in [0, 0.1) is 23.2 Å². The minimum absolute atomic E-state index is 0.341. The zero-order valence-corrected chi connectivity index (χ0v) is 7.25. The van der Waals surface area contributed by atoms with Gasteiger partial charge in [0, 0.05) is 6.61 Å². The van der Waals surface area contributed by atoms with Crippen LogP contribution in [-0.4, -0.2) is 11.7 Å². The monoisotopic (exact) mass is 152 g/mol. The first-order valence-corrected chi connectivity index (χ1v) is 4.45. The molecule has 3 atom stereocenters. The summed E-state index contributed by atoms with van der Waals surface area (Å²) in [7, 11) is 0. The number of hydrogen-bond donors (Lipinski definition) is 1. The first-order valence-electron chi connectivity index (χ1n) is 4.45. The van der Waals surface area contributed by atoms with Gasteiger partial charge in [0.25, 0.3) is 0 Å². The SMILES string of the molecule is CC1(C)C2C=CC(C2)C1CO. The second kappa shape index (κ2) is 2.10. The Bertz CT molecular complexity index is 193. The van der Waals surface area contributed by atoms with Crippen molar-refractivity contribution >= 4 is 0 Å². The average molecular weight is 152 g/mol. The van der Waals surface area contributed by atoms with Gasteiger partial charge in [0.05, 0.1) is 0 Å². The Morgan fingerprint density at radius 3 is 2.55 bits per heavy atom. The highest BCUT2D eigenvalue weighted by Gasteiger charge is 2.49. The van der Waals surface area contributed by atoms with E-state index >= 15 is 0 Å². The summed E-state index contributed by atoms with van der Waals surface area (Å²) in [5, 5.41) is 9.19. The maximum absolute atomic E-state index is 9.19. The van der Waals surface area contributed by atoms with Gasteiger partial charge in [-0.05, 0) is 29.6 Å². The van der Waals surface area contributed by atoms with E-state index < -0.39 is 0 Å². The van der Waals surface area contributed by atoms with Crippen LogP contribution < -0.4 is 0 Å². The van der Waals surface area contributed by atoms with Gasteiger partial charge in [-0.1, -0.05) is 26.0 Å². The highest BCUT2D eigenvalue weighted by Crippen LogP contribution is 2.55. The number of rotatable bonds is 1. The fourth-order valence-electron chi connectivity index (χ4n) is 2.77. The molecule has 2 rings (SSSR count). The summed E-state index contributed by atoms with van der Waals surface area (Å²) in [6, 6.07) is 0. The van der Waals surface area contributed by atoms with Crippen molar-refractivity contribution in [1.29, 1.82) is 0 Å². The molecule has 62 valence electrons. The number of hydrogen-bond acceptors (Lipinski definition) is 1. The Hall–Kier alpha value is -0.300. The van der Waals surface area contributed by atoms with E-state index in [1.807, 2.05) is 0 Å². The van der Waals surface area contributed by atoms with Crippen LogP contribution in [0.25, 0.3) is 0 Å². The van der Waals surface area contributed by atoms with Crippen molar-refractivity contribution < 1.29 is 5.11 Å². The average Bonchev–Trinajstić information content (AvgIpc) is 2.44. The Morgan fingerprint density at radius 2 is 2.18 bits per heavy atom. The lowest BCUT2D eigenvalue weighted by Gasteiger charge is -2.34. The minimum Gasteiger partial charge on any atom is -0.396 e. The van der Waals surface area contributed by atoms with E-state index in [-0.39, 0.29) is 0 Å². The number of fused-ring (bicyclic) bond motifs is 2. The summed E-state index contributed by atoms with van der Waals surface area (Å²) in [5.41, 5.74) is 0.341. The van der Waals surface area contributed by atoms with E-state index in [4.69, 9.17) is 0 Å². The van der Waals surface area contributed by atoms with E-state index in [1.54, 1.807) is 0 Å². The van der Waals surface area contributed by atoms with Crippen molar-refractivity contribution in [2.45, 2.75) is 20.3 Å². The van der Waals surface area contributed by atoms with Crippen molar-refractivity contribution in [2.75, 3.05) is 6.61 Å². The van der Waals surface area contributed by atoms with E-state index in [1.165, 1.54) is 6.42 Å². The molecule has 1 fully saturated rings. The lowest BCUT2D eigenvalue weighted by molar-refractivity contribution is 0.107. The molecule has 0 saturated heterocycles. The van der Waals surface area contributed by atoms with Crippen molar-refractivity contribution in [1.82, 2.24) is 0 Å². The maximum atomic E-state index is 9.19. The van der Waals surface area contributed by atoms with Crippen molar-refractivity contribution in [3.8, 4) is 0 Å². The van der Waals surface area contributed by atoms with Crippen molar-refractivity contribution in [2.24, 2.45) is 23.2 Å². The third kappa shape index (κ3) is 0.807. The molecule has 2 bridgehead atoms. The Labute approximate surface area is 68.1 Å². The van der Waals surface area contributed by atoms with Crippen LogP contribution >= 0.6 is 0 Å². The molecule has 3 unspecified atom stereocenters. The Morgan fingerprint density at radius 1 is 1.45 bits per heavy atom. The summed E-state index contributed by atoms with van der Waals surface area (Å²) in [6.07, 6.45) is 5.89. The van der Waals surface area contributed by atoms with Gasteiger partial charge in [0.1, 0.15) is 0 Å². The third-order valence-corrected chi connectivity index (χ3v) is 3.74. The van der Waals surface area contributed by atoms with Gasteiger partial charge in [-0.25, -0.2) is 0 Å². The molecule has 0 aromatic rings. The Balaban J connectivity index is 2.29. The first-order chi connectivity index (χ1) is 5.16. The second-order valence-electron chi connectivity index (χ2n) is 4.50. The molecule has 1 saturated carbocycles. The van der Waals surface area contributed by atoms with E-state index in [9.17, 15) is 5.11 Å². The van der Waals surface area contributed by atoms with Crippen LogP contribution in [0.15, 0.2) is 12.2 Å². The minimum atomic E-state index is 0.341. The summed E-state index contributed by atoms with van der Waals surface area (Å²) in [4.78, 5) is 0. The van der Waals surface area contributed by atoms with Gasteiger partial charge < -0.3 is 5.11 Å². The molecule has 0 spiro atoms. The van der Waals surface area contributed by atoms with Crippen LogP contribution in [0.5, 0.6) is 0 Å². The van der Waals surface area contributed by atoms with Crippen LogP contribution in [0.2, 0.25) is 0 Å². The molecule has 1 N–H and O–H groups in total. The van der Waals surface area contributed by atoms with Gasteiger partial charge in [-0.2, -0.15) is 0 Å². The predicted octanol–water partition coefficient (Wildman–Crippen LogP) is 1.83. The zero-order valence-electron chi connectivity index (χ0n) is 7.25. The van der Waals surface area contributed by atoms with Crippen molar-refractivity contribution in [3.63, 3.8) is 0 Å². The lowest BCUT2D eigenvalue weighted by Crippen LogP contribution is -2.30. The molecule has 1 heteroatoms. The molecule has 2 aliphatic rings. The number of allylic oxidation sites excluding steroid dienone is 2. The topological polar surface area (TPSA) is 20.2 Å². The van der Waals surface area contributed by atoms with E-state index in [2.05, 4.69) is 26.0 Å². The maximum Gasteiger partial charge on any atom is 0.0470 e. The Kier molecular flexibility index (Phi) is 1.40. The largest absolute Gasteiger partial charge is 0.396 e. The summed E-state index contributed by atoms with van der Waals surface area (Å²) < 4.78 is 0. The smallest absolute Gasteiger partial charge is 0.0470 e. The van der Waals surface area contributed by atoms with Crippen LogP contribution in [0.1, 0.15) is 20.3 Å². The molecule has 0 radical (unpaired) electrons. The van der Waals surface area contributed by atoms with Gasteiger partial charge in [-0.15, -0.1) is 0 Å². The fraction of sp³-hybridized carbons (Fsp3) is 0.800. The number of aliphatic hydroxyl groups excluding tert-OH is 1. The van der Waals surface area contributed by atoms with Gasteiger partial charge >= 0.3 is 0 Å². The highest BCUT2D eigenvalue weighted by molar-refractivity contribution is 5.16. The zero-order chi connectivity index (χ0) is 8.06. The summed E-state index contributed by atoms with van der Waals surface area (Å²) in [5.74, 6) is 1.90. The van der Waals surface area contributed by atoms with Gasteiger partial charge in [0.15, 0.2) is 0 Å². The summed E-state index contributed by atoms with van der Waals surface area (Å²) in [6.45, 7) is 4.92. The molecule has 11 heavy (non-hydrogen) atoms. The quantitative estimate of drug-likeness (QED) is 0.568. The predicted molar refractivity (Wildman–Crippen MR) is 45.1 cm³/mol. The molecule has 2 aliphatic carbocycles. The van der Waals surface area contributed by atoms with Crippen LogP contribution in [0.4, 0.5) is 0 Å². The van der Waals surface area contributed by atoms with Crippen molar-refractivity contribution in [3.05, 3.63) is 12.2 Å². The van der Waals surface area contributed by atoms with Crippen LogP contribution in [0.3, 0.4) is 0 Å². The summed E-state index contributed by atoms with van der Waals surface area (Å²) >= 11 is 0. The molecule has 0 aromatic heterocycles. The molecule has 0 heterocycles. The third-order valence-electron chi connectivity index (χ3n) is 3.74. The lowest BCUT2D eigenvalue weighted by atomic mass is 9.72. The molecule has 1 nitrogen and oxygen atoms in total. The molecular formula is C10H16O. The normalized spacial score (nSPS) is 45.2. The standard InChI is InChI=1S/C10H16O/c1-10(2)8-4-3-7(5-8)9(10)6-11/h3-4,7-9,11H,5-6H2,1-2H3. The molecule has 0 amide bonds. The van der Waals surface area contributed by atoms with Crippen LogP contribution in [-0.2, 0) is 0 Å². The highest BCUT2D eigenvalue weighted by atomic mass is 16.3. The molecular weight excluding hydrogens is 136 g/mol. The second-order valence-corrected chi connectivity index (χ2v) is 4.50. The number of aliphatic hydroxyl groups is 1. The molecule has 0 aliphatic heterocycles. The van der Waals surface area contributed by atoms with Gasteiger partial charge in [0.2, 0.25) is 0 Å². The van der Waals surface area contributed by atoms with Gasteiger partial charge in [-0.3, -0.25) is 0 Å². The molecule has 0 aromatic carbocycles. The van der Waals surface area contributed by atoms with E-state index in [0.29, 0.717) is 23.9 Å². The first kappa shape index (κ1) is 7.35. The van der Waals surface area contributed by atoms with E-state index in [0.717, 1.165) is 5.92 Å².